The topological polar surface area (TPSA) is 96.3 Å². The van der Waals surface area contributed by atoms with Gasteiger partial charge in [-0.2, -0.15) is 5.26 Å². The third kappa shape index (κ3) is 5.37. The van der Waals surface area contributed by atoms with Crippen LogP contribution in [0.5, 0.6) is 5.75 Å². The van der Waals surface area contributed by atoms with Crippen LogP contribution >= 0.6 is 0 Å². The van der Waals surface area contributed by atoms with E-state index in [-0.39, 0.29) is 11.3 Å². The minimum Gasteiger partial charge on any atom is -0.494 e. The minimum atomic E-state index is -3.88. The summed E-state index contributed by atoms with van der Waals surface area (Å²) in [5, 5.41) is 8.40. The van der Waals surface area contributed by atoms with Gasteiger partial charge in [0.15, 0.2) is 0 Å². The standard InChI is InChI=1S/C15H20N2O4S/c1-3-21-13-8-9-14(12(2)11-13)22(19,20)17-15(18)7-5-4-6-10-16/h8-9,11H,3-7H2,1-2H3,(H,17,18). The number of nitrogens with zero attached hydrogens (tertiary/aromatic N) is 1. The molecule has 1 amide bonds. The molecule has 0 spiro atoms. The van der Waals surface area contributed by atoms with Crippen molar-refractivity contribution in [3.05, 3.63) is 23.8 Å². The molecule has 0 bridgehead atoms. The number of benzene rings is 1. The molecule has 22 heavy (non-hydrogen) atoms. The Kier molecular flexibility index (Phi) is 6.86. The lowest BCUT2D eigenvalue weighted by Crippen LogP contribution is -2.30. The number of amides is 1. The molecule has 0 unspecified atom stereocenters. The van der Waals surface area contributed by atoms with Crippen molar-refractivity contribution in [2.24, 2.45) is 0 Å². The summed E-state index contributed by atoms with van der Waals surface area (Å²) < 4.78 is 31.7. The number of hydrogen-bond donors (Lipinski definition) is 1. The Bertz CT molecular complexity index is 663. The summed E-state index contributed by atoms with van der Waals surface area (Å²) in [4.78, 5) is 11.7. The van der Waals surface area contributed by atoms with Crippen LogP contribution in [-0.2, 0) is 14.8 Å². The van der Waals surface area contributed by atoms with Gasteiger partial charge in [-0.1, -0.05) is 0 Å². The van der Waals surface area contributed by atoms with Crippen molar-refractivity contribution in [3.63, 3.8) is 0 Å². The summed E-state index contributed by atoms with van der Waals surface area (Å²) >= 11 is 0. The molecule has 0 saturated heterocycles. The van der Waals surface area contributed by atoms with Crippen molar-refractivity contribution in [3.8, 4) is 11.8 Å². The van der Waals surface area contributed by atoms with Gasteiger partial charge in [-0.3, -0.25) is 4.79 Å². The summed E-state index contributed by atoms with van der Waals surface area (Å²) in [6.45, 7) is 3.98. The largest absolute Gasteiger partial charge is 0.494 e. The van der Waals surface area contributed by atoms with Crippen molar-refractivity contribution in [2.75, 3.05) is 6.61 Å². The van der Waals surface area contributed by atoms with E-state index in [2.05, 4.69) is 4.72 Å². The fourth-order valence-electron chi connectivity index (χ4n) is 1.93. The second kappa shape index (κ2) is 8.39. The number of rotatable bonds is 8. The molecule has 0 saturated carbocycles. The van der Waals surface area contributed by atoms with E-state index >= 15 is 0 Å². The van der Waals surface area contributed by atoms with E-state index < -0.39 is 15.9 Å². The predicted molar refractivity (Wildman–Crippen MR) is 81.8 cm³/mol. The van der Waals surface area contributed by atoms with E-state index in [9.17, 15) is 13.2 Å². The SMILES string of the molecule is CCOc1ccc(S(=O)(=O)NC(=O)CCCCC#N)c(C)c1. The number of carbonyl (C=O) groups excluding carboxylic acids is 1. The van der Waals surface area contributed by atoms with Crippen LogP contribution in [0.2, 0.25) is 0 Å². The van der Waals surface area contributed by atoms with Crippen molar-refractivity contribution < 1.29 is 17.9 Å². The molecule has 1 rings (SSSR count). The number of aryl methyl sites for hydroxylation is 1. The fourth-order valence-corrected chi connectivity index (χ4v) is 3.17. The lowest BCUT2D eigenvalue weighted by Gasteiger charge is -2.11. The maximum absolute atomic E-state index is 12.2. The van der Waals surface area contributed by atoms with Crippen LogP contribution in [0.15, 0.2) is 23.1 Å². The molecule has 0 aromatic heterocycles. The van der Waals surface area contributed by atoms with Crippen LogP contribution in [-0.4, -0.2) is 20.9 Å². The molecule has 7 heteroatoms. The van der Waals surface area contributed by atoms with Gasteiger partial charge >= 0.3 is 0 Å². The molecule has 1 aromatic rings. The van der Waals surface area contributed by atoms with Gasteiger partial charge in [-0.15, -0.1) is 0 Å². The maximum Gasteiger partial charge on any atom is 0.264 e. The summed E-state index contributed by atoms with van der Waals surface area (Å²) in [6.07, 6.45) is 1.50. The summed E-state index contributed by atoms with van der Waals surface area (Å²) in [5.74, 6) is 0.0213. The van der Waals surface area contributed by atoms with Gasteiger partial charge in [0, 0.05) is 12.8 Å². The zero-order valence-electron chi connectivity index (χ0n) is 12.8. The fraction of sp³-hybridized carbons (Fsp3) is 0.467. The van der Waals surface area contributed by atoms with Crippen LogP contribution in [0.3, 0.4) is 0 Å². The lowest BCUT2D eigenvalue weighted by molar-refractivity contribution is -0.119. The highest BCUT2D eigenvalue weighted by atomic mass is 32.2. The second-order valence-electron chi connectivity index (χ2n) is 4.75. The quantitative estimate of drug-likeness (QED) is 0.740. The molecule has 0 atom stereocenters. The Morgan fingerprint density at radius 1 is 1.36 bits per heavy atom. The van der Waals surface area contributed by atoms with Gasteiger partial charge < -0.3 is 4.74 Å². The van der Waals surface area contributed by atoms with Gasteiger partial charge in [-0.05, 0) is 50.5 Å². The highest BCUT2D eigenvalue weighted by Crippen LogP contribution is 2.21. The molecule has 1 N–H and O–H groups in total. The smallest absolute Gasteiger partial charge is 0.264 e. The first-order chi connectivity index (χ1) is 10.4. The van der Waals surface area contributed by atoms with Crippen LogP contribution in [0, 0.1) is 18.3 Å². The van der Waals surface area contributed by atoms with Crippen LogP contribution in [0.25, 0.3) is 0 Å². The van der Waals surface area contributed by atoms with E-state index in [0.29, 0.717) is 37.2 Å². The molecule has 0 aliphatic carbocycles. The summed E-state index contributed by atoms with van der Waals surface area (Å²) in [5.41, 5.74) is 0.510. The molecule has 0 fully saturated rings. The summed E-state index contributed by atoms with van der Waals surface area (Å²) in [6, 6.07) is 6.58. The third-order valence-electron chi connectivity index (χ3n) is 2.94. The number of hydrogen-bond acceptors (Lipinski definition) is 5. The number of carbonyl (C=O) groups is 1. The third-order valence-corrected chi connectivity index (χ3v) is 4.47. The van der Waals surface area contributed by atoms with E-state index in [4.69, 9.17) is 10.00 Å². The Labute approximate surface area is 131 Å². The number of nitrogens with one attached hydrogen (secondary N) is 1. The van der Waals surface area contributed by atoms with E-state index in [1.165, 1.54) is 6.07 Å². The maximum atomic E-state index is 12.2. The van der Waals surface area contributed by atoms with Crippen LogP contribution < -0.4 is 9.46 Å². The van der Waals surface area contributed by atoms with Gasteiger partial charge in [-0.25, -0.2) is 13.1 Å². The van der Waals surface area contributed by atoms with Gasteiger partial charge in [0.05, 0.1) is 17.6 Å². The molecular weight excluding hydrogens is 304 g/mol. The Hall–Kier alpha value is -2.07. The monoisotopic (exact) mass is 324 g/mol. The number of ether oxygens (including phenoxy) is 1. The predicted octanol–water partition coefficient (Wildman–Crippen LogP) is 2.28. The van der Waals surface area contributed by atoms with Crippen molar-refractivity contribution in [2.45, 2.75) is 44.4 Å². The average molecular weight is 324 g/mol. The highest BCUT2D eigenvalue weighted by molar-refractivity contribution is 7.90. The average Bonchev–Trinajstić information content (AvgIpc) is 2.43. The van der Waals surface area contributed by atoms with E-state index in [1.807, 2.05) is 13.0 Å². The molecule has 0 aliphatic heterocycles. The number of sulfonamides is 1. The van der Waals surface area contributed by atoms with Gasteiger partial charge in [0.25, 0.3) is 10.0 Å². The Morgan fingerprint density at radius 3 is 2.68 bits per heavy atom. The molecular formula is C15H20N2O4S. The zero-order chi connectivity index (χ0) is 16.6. The Balaban J connectivity index is 2.74. The minimum absolute atomic E-state index is 0.0568. The Morgan fingerprint density at radius 2 is 2.09 bits per heavy atom. The second-order valence-corrected chi connectivity index (χ2v) is 6.41. The molecule has 0 heterocycles. The molecule has 0 radical (unpaired) electrons. The molecule has 1 aromatic carbocycles. The van der Waals surface area contributed by atoms with Crippen molar-refractivity contribution >= 4 is 15.9 Å². The zero-order valence-corrected chi connectivity index (χ0v) is 13.6. The molecule has 6 nitrogen and oxygen atoms in total. The first-order valence-electron chi connectivity index (χ1n) is 7.06. The van der Waals surface area contributed by atoms with Crippen molar-refractivity contribution in [1.29, 1.82) is 5.26 Å². The highest BCUT2D eigenvalue weighted by Gasteiger charge is 2.19. The van der Waals surface area contributed by atoms with Crippen LogP contribution in [0.4, 0.5) is 0 Å². The summed E-state index contributed by atoms with van der Waals surface area (Å²) in [7, 11) is -3.88. The lowest BCUT2D eigenvalue weighted by atomic mass is 10.2. The van der Waals surface area contributed by atoms with Crippen molar-refractivity contribution in [1.82, 2.24) is 4.72 Å². The number of unbranched alkanes of at least 4 members (excludes halogenated alkanes) is 2. The first-order valence-corrected chi connectivity index (χ1v) is 8.55. The first kappa shape index (κ1) is 18.0. The van der Waals surface area contributed by atoms with E-state index in [1.54, 1.807) is 19.1 Å². The number of nitriles is 1. The normalized spacial score (nSPS) is 10.8. The molecule has 120 valence electrons. The van der Waals surface area contributed by atoms with Gasteiger partial charge in [0.2, 0.25) is 5.91 Å². The van der Waals surface area contributed by atoms with Gasteiger partial charge in [0.1, 0.15) is 5.75 Å². The van der Waals surface area contributed by atoms with Crippen LogP contribution in [0.1, 0.15) is 38.2 Å². The van der Waals surface area contributed by atoms with E-state index in [0.717, 1.165) is 0 Å². The molecule has 0 aliphatic rings.